The number of carbonyl (C=O) groups excluding carboxylic acids is 1. The molecule has 0 bridgehead atoms. The molecule has 144 valence electrons. The Labute approximate surface area is 165 Å². The third kappa shape index (κ3) is 4.66. The van der Waals surface area contributed by atoms with E-state index in [1.807, 2.05) is 29.8 Å². The molecule has 3 N–H and O–H groups in total. The number of aromatic nitrogens is 2. The van der Waals surface area contributed by atoms with Crippen LogP contribution in [0.3, 0.4) is 0 Å². The Hall–Kier alpha value is -2.41. The molecule has 0 saturated heterocycles. The van der Waals surface area contributed by atoms with Crippen molar-refractivity contribution in [2.45, 2.75) is 46.1 Å². The molecular weight excluding hydrogens is 358 g/mol. The van der Waals surface area contributed by atoms with Crippen LogP contribution < -0.4 is 16.2 Å². The van der Waals surface area contributed by atoms with Crippen LogP contribution in [0.1, 0.15) is 49.2 Å². The van der Waals surface area contributed by atoms with Gasteiger partial charge >= 0.3 is 0 Å². The van der Waals surface area contributed by atoms with Crippen molar-refractivity contribution in [3.05, 3.63) is 47.8 Å². The Balaban J connectivity index is 1.51. The quantitative estimate of drug-likeness (QED) is 0.559. The molecule has 1 fully saturated rings. The van der Waals surface area contributed by atoms with Crippen molar-refractivity contribution in [1.29, 1.82) is 0 Å². The Morgan fingerprint density at radius 2 is 1.89 bits per heavy atom. The minimum atomic E-state index is -0.229. The molecule has 27 heavy (non-hydrogen) atoms. The monoisotopic (exact) mass is 385 g/mol. The van der Waals surface area contributed by atoms with Crippen molar-refractivity contribution in [3.8, 4) is 5.69 Å². The molecule has 0 spiro atoms. The van der Waals surface area contributed by atoms with Crippen LogP contribution >= 0.6 is 12.2 Å². The van der Waals surface area contributed by atoms with Crippen LogP contribution in [0.5, 0.6) is 0 Å². The Morgan fingerprint density at radius 3 is 2.56 bits per heavy atom. The molecule has 1 aliphatic carbocycles. The molecular formula is C20H27N5OS. The number of amides is 1. The first-order chi connectivity index (χ1) is 13.0. The SMILES string of the molecule is Cc1ccnn1-c1ccc(C(=O)NNC(=S)N[C@@H]2CCC[C@@H](C)[C@@H]2C)cc1. The van der Waals surface area contributed by atoms with Gasteiger partial charge in [-0.3, -0.25) is 15.6 Å². The van der Waals surface area contributed by atoms with Crippen molar-refractivity contribution in [3.63, 3.8) is 0 Å². The molecule has 0 radical (unpaired) electrons. The number of benzene rings is 1. The molecule has 3 atom stereocenters. The van der Waals surface area contributed by atoms with Gasteiger partial charge in [-0.2, -0.15) is 5.10 Å². The molecule has 1 aromatic heterocycles. The third-order valence-corrected chi connectivity index (χ3v) is 5.74. The second kappa shape index (κ2) is 8.52. The summed E-state index contributed by atoms with van der Waals surface area (Å²) in [5.74, 6) is 1.02. The predicted molar refractivity (Wildman–Crippen MR) is 111 cm³/mol. The van der Waals surface area contributed by atoms with Gasteiger partial charge in [0.05, 0.1) is 5.69 Å². The van der Waals surface area contributed by atoms with Gasteiger partial charge < -0.3 is 5.32 Å². The number of rotatable bonds is 3. The summed E-state index contributed by atoms with van der Waals surface area (Å²) in [4.78, 5) is 12.3. The van der Waals surface area contributed by atoms with Gasteiger partial charge in [-0.15, -0.1) is 0 Å². The fraction of sp³-hybridized carbons (Fsp3) is 0.450. The van der Waals surface area contributed by atoms with Gasteiger partial charge in [-0.1, -0.05) is 26.7 Å². The Bertz CT molecular complexity index is 801. The molecule has 3 rings (SSSR count). The molecule has 1 amide bonds. The minimum absolute atomic E-state index is 0.229. The summed E-state index contributed by atoms with van der Waals surface area (Å²) < 4.78 is 1.82. The number of carbonyl (C=O) groups is 1. The highest BCUT2D eigenvalue weighted by Gasteiger charge is 2.27. The van der Waals surface area contributed by atoms with Crippen LogP contribution in [-0.2, 0) is 0 Å². The first-order valence-electron chi connectivity index (χ1n) is 9.43. The standard InChI is InChI=1S/C20H27N5OS/c1-13-5-4-6-18(15(13)3)22-20(27)24-23-19(26)16-7-9-17(10-8-16)25-14(2)11-12-21-25/h7-13,15,18H,4-6H2,1-3H3,(H,23,26)(H2,22,24,27)/t13-,15+,18-/m1/s1. The van der Waals surface area contributed by atoms with Gasteiger partial charge in [-0.05, 0) is 67.7 Å². The number of nitrogens with zero attached hydrogens (tertiary/aromatic N) is 2. The van der Waals surface area contributed by atoms with Gasteiger partial charge in [0.25, 0.3) is 5.91 Å². The van der Waals surface area contributed by atoms with E-state index in [2.05, 4.69) is 35.1 Å². The van der Waals surface area contributed by atoms with Crippen molar-refractivity contribution < 1.29 is 4.79 Å². The van der Waals surface area contributed by atoms with E-state index in [4.69, 9.17) is 12.2 Å². The van der Waals surface area contributed by atoms with E-state index < -0.39 is 0 Å². The summed E-state index contributed by atoms with van der Waals surface area (Å²) in [7, 11) is 0. The maximum Gasteiger partial charge on any atom is 0.269 e. The lowest BCUT2D eigenvalue weighted by Crippen LogP contribution is -2.52. The average molecular weight is 386 g/mol. The lowest BCUT2D eigenvalue weighted by molar-refractivity contribution is 0.0943. The minimum Gasteiger partial charge on any atom is -0.358 e. The van der Waals surface area contributed by atoms with Crippen LogP contribution in [0.15, 0.2) is 36.5 Å². The number of hydrogen-bond donors (Lipinski definition) is 3. The Morgan fingerprint density at radius 1 is 1.15 bits per heavy atom. The zero-order chi connectivity index (χ0) is 19.4. The average Bonchev–Trinajstić information content (AvgIpc) is 3.09. The zero-order valence-corrected chi connectivity index (χ0v) is 16.8. The molecule has 1 aliphatic rings. The van der Waals surface area contributed by atoms with Crippen LogP contribution in [0.4, 0.5) is 0 Å². The first kappa shape index (κ1) is 19.4. The summed E-state index contributed by atoms with van der Waals surface area (Å²) in [5, 5.41) is 8.06. The van der Waals surface area contributed by atoms with Crippen molar-refractivity contribution in [2.24, 2.45) is 11.8 Å². The Kier molecular flexibility index (Phi) is 6.11. The lowest BCUT2D eigenvalue weighted by atomic mass is 9.78. The normalized spacial score (nSPS) is 22.1. The first-order valence-corrected chi connectivity index (χ1v) is 9.84. The maximum atomic E-state index is 12.3. The third-order valence-electron chi connectivity index (χ3n) is 5.52. The van der Waals surface area contributed by atoms with E-state index in [0.29, 0.717) is 28.6 Å². The molecule has 1 aromatic carbocycles. The molecule has 1 heterocycles. The summed E-state index contributed by atoms with van der Waals surface area (Å²) in [5.41, 5.74) is 7.99. The molecule has 2 aromatic rings. The molecule has 0 unspecified atom stereocenters. The highest BCUT2D eigenvalue weighted by atomic mass is 32.1. The van der Waals surface area contributed by atoms with Crippen molar-refractivity contribution in [2.75, 3.05) is 0 Å². The second-order valence-electron chi connectivity index (χ2n) is 7.36. The van der Waals surface area contributed by atoms with Gasteiger partial charge in [0.15, 0.2) is 5.11 Å². The number of nitrogens with one attached hydrogen (secondary N) is 3. The van der Waals surface area contributed by atoms with E-state index in [1.165, 1.54) is 12.8 Å². The van der Waals surface area contributed by atoms with Gasteiger partial charge in [0.2, 0.25) is 0 Å². The van der Waals surface area contributed by atoms with Gasteiger partial charge in [-0.25, -0.2) is 4.68 Å². The molecule has 1 saturated carbocycles. The van der Waals surface area contributed by atoms with E-state index in [-0.39, 0.29) is 5.91 Å². The topological polar surface area (TPSA) is 71.0 Å². The maximum absolute atomic E-state index is 12.3. The van der Waals surface area contributed by atoms with E-state index in [1.54, 1.807) is 18.3 Å². The highest BCUT2D eigenvalue weighted by Crippen LogP contribution is 2.29. The number of thiocarbonyl (C=S) groups is 1. The summed E-state index contributed by atoms with van der Waals surface area (Å²) >= 11 is 5.34. The summed E-state index contributed by atoms with van der Waals surface area (Å²) in [6.45, 7) is 6.52. The van der Waals surface area contributed by atoms with Crippen LogP contribution in [0.2, 0.25) is 0 Å². The fourth-order valence-electron chi connectivity index (χ4n) is 3.57. The van der Waals surface area contributed by atoms with Crippen molar-refractivity contribution >= 4 is 23.2 Å². The van der Waals surface area contributed by atoms with Crippen molar-refractivity contribution in [1.82, 2.24) is 25.9 Å². The van der Waals surface area contributed by atoms with E-state index >= 15 is 0 Å². The number of hydrogen-bond acceptors (Lipinski definition) is 3. The summed E-state index contributed by atoms with van der Waals surface area (Å²) in [6.07, 6.45) is 5.34. The predicted octanol–water partition coefficient (Wildman–Crippen LogP) is 3.11. The molecule has 0 aliphatic heterocycles. The van der Waals surface area contributed by atoms with Crippen LogP contribution in [0, 0.1) is 18.8 Å². The number of hydrazine groups is 1. The molecule has 6 nitrogen and oxygen atoms in total. The highest BCUT2D eigenvalue weighted by molar-refractivity contribution is 7.80. The largest absolute Gasteiger partial charge is 0.358 e. The van der Waals surface area contributed by atoms with Gasteiger partial charge in [0.1, 0.15) is 0 Å². The van der Waals surface area contributed by atoms with Crippen LogP contribution in [0.25, 0.3) is 5.69 Å². The second-order valence-corrected chi connectivity index (χ2v) is 7.77. The smallest absolute Gasteiger partial charge is 0.269 e. The zero-order valence-electron chi connectivity index (χ0n) is 16.0. The lowest BCUT2D eigenvalue weighted by Gasteiger charge is -2.35. The number of aryl methyl sites for hydroxylation is 1. The van der Waals surface area contributed by atoms with Crippen LogP contribution in [-0.4, -0.2) is 26.8 Å². The summed E-state index contributed by atoms with van der Waals surface area (Å²) in [6, 6.07) is 9.57. The van der Waals surface area contributed by atoms with E-state index in [0.717, 1.165) is 17.8 Å². The molecule has 7 heteroatoms. The van der Waals surface area contributed by atoms with Gasteiger partial charge in [0, 0.05) is 23.5 Å². The van der Waals surface area contributed by atoms with E-state index in [9.17, 15) is 4.79 Å². The fourth-order valence-corrected chi connectivity index (χ4v) is 3.77.